The zero-order valence-electron chi connectivity index (χ0n) is 11.2. The molecule has 1 rings (SSSR count). The molecule has 1 aromatic rings. The third-order valence-corrected chi connectivity index (χ3v) is 2.94. The standard InChI is InChI=1S/C15H20N2O/c1-5-6-14(16)15(18)17(4)10-13-8-7-11(2)9-12(13)3/h1,7-9,14H,6,10,16H2,2-4H3. The number of nitrogens with zero attached hydrogens (tertiary/aromatic N) is 1. The Morgan fingerprint density at radius 1 is 1.50 bits per heavy atom. The number of likely N-dealkylation sites (N-methyl/N-ethyl adjacent to an activating group) is 1. The van der Waals surface area contributed by atoms with Crippen molar-refractivity contribution in [3.05, 3.63) is 34.9 Å². The largest absolute Gasteiger partial charge is 0.340 e. The number of aryl methyl sites for hydroxylation is 2. The van der Waals surface area contributed by atoms with E-state index in [2.05, 4.69) is 18.9 Å². The van der Waals surface area contributed by atoms with E-state index in [0.717, 1.165) is 5.56 Å². The second-order valence-corrected chi connectivity index (χ2v) is 4.64. The van der Waals surface area contributed by atoms with Gasteiger partial charge in [0, 0.05) is 20.0 Å². The Morgan fingerprint density at radius 3 is 2.72 bits per heavy atom. The van der Waals surface area contributed by atoms with E-state index in [9.17, 15) is 4.79 Å². The average molecular weight is 244 g/mol. The zero-order valence-corrected chi connectivity index (χ0v) is 11.2. The summed E-state index contributed by atoms with van der Waals surface area (Å²) in [4.78, 5) is 13.5. The average Bonchev–Trinajstić information content (AvgIpc) is 2.32. The molecule has 1 unspecified atom stereocenters. The Bertz CT molecular complexity index is 474. The fourth-order valence-corrected chi connectivity index (χ4v) is 1.85. The maximum absolute atomic E-state index is 11.9. The lowest BCUT2D eigenvalue weighted by Gasteiger charge is -2.21. The van der Waals surface area contributed by atoms with E-state index in [1.54, 1.807) is 11.9 Å². The van der Waals surface area contributed by atoms with Gasteiger partial charge >= 0.3 is 0 Å². The number of carbonyl (C=O) groups excluding carboxylic acids is 1. The predicted molar refractivity (Wildman–Crippen MR) is 73.8 cm³/mol. The summed E-state index contributed by atoms with van der Waals surface area (Å²) in [5, 5.41) is 0. The van der Waals surface area contributed by atoms with Gasteiger partial charge in [-0.15, -0.1) is 12.3 Å². The lowest BCUT2D eigenvalue weighted by atomic mass is 10.1. The molecule has 0 fully saturated rings. The summed E-state index contributed by atoms with van der Waals surface area (Å²) in [6, 6.07) is 5.59. The molecule has 0 aromatic heterocycles. The van der Waals surface area contributed by atoms with Crippen LogP contribution in [0.15, 0.2) is 18.2 Å². The maximum Gasteiger partial charge on any atom is 0.240 e. The number of terminal acetylenes is 1. The maximum atomic E-state index is 11.9. The van der Waals surface area contributed by atoms with Gasteiger partial charge in [0.15, 0.2) is 0 Å². The summed E-state index contributed by atoms with van der Waals surface area (Å²) in [6.07, 6.45) is 5.43. The van der Waals surface area contributed by atoms with Crippen LogP contribution in [0.4, 0.5) is 0 Å². The molecule has 1 aromatic carbocycles. The van der Waals surface area contributed by atoms with Crippen molar-refractivity contribution in [3.8, 4) is 12.3 Å². The number of nitrogens with two attached hydrogens (primary N) is 1. The summed E-state index contributed by atoms with van der Waals surface area (Å²) in [5.74, 6) is 2.30. The van der Waals surface area contributed by atoms with Gasteiger partial charge in [-0.05, 0) is 25.0 Å². The highest BCUT2D eigenvalue weighted by Gasteiger charge is 2.17. The van der Waals surface area contributed by atoms with E-state index in [0.29, 0.717) is 6.54 Å². The quantitative estimate of drug-likeness (QED) is 0.818. The topological polar surface area (TPSA) is 46.3 Å². The molecule has 0 radical (unpaired) electrons. The Kier molecular flexibility index (Phi) is 4.94. The monoisotopic (exact) mass is 244 g/mol. The third kappa shape index (κ3) is 3.61. The first-order valence-electron chi connectivity index (χ1n) is 5.96. The highest BCUT2D eigenvalue weighted by Crippen LogP contribution is 2.13. The highest BCUT2D eigenvalue weighted by molar-refractivity contribution is 5.81. The van der Waals surface area contributed by atoms with Crippen LogP contribution in [-0.4, -0.2) is 23.9 Å². The van der Waals surface area contributed by atoms with Gasteiger partial charge in [0.05, 0.1) is 6.04 Å². The third-order valence-electron chi connectivity index (χ3n) is 2.94. The van der Waals surface area contributed by atoms with Crippen LogP contribution in [0.25, 0.3) is 0 Å². The van der Waals surface area contributed by atoms with Crippen LogP contribution < -0.4 is 5.73 Å². The molecule has 3 nitrogen and oxygen atoms in total. The van der Waals surface area contributed by atoms with Crippen LogP contribution >= 0.6 is 0 Å². The number of carbonyl (C=O) groups is 1. The normalized spacial score (nSPS) is 11.7. The molecule has 3 heteroatoms. The molecule has 0 spiro atoms. The number of amides is 1. The zero-order chi connectivity index (χ0) is 13.7. The van der Waals surface area contributed by atoms with E-state index >= 15 is 0 Å². The molecule has 0 saturated heterocycles. The van der Waals surface area contributed by atoms with Crippen molar-refractivity contribution < 1.29 is 4.79 Å². The SMILES string of the molecule is C#CCC(N)C(=O)N(C)Cc1ccc(C)cc1C. The van der Waals surface area contributed by atoms with Crippen molar-refractivity contribution in [3.63, 3.8) is 0 Å². The minimum Gasteiger partial charge on any atom is -0.340 e. The molecular weight excluding hydrogens is 224 g/mol. The van der Waals surface area contributed by atoms with E-state index in [-0.39, 0.29) is 12.3 Å². The molecule has 0 bridgehead atoms. The van der Waals surface area contributed by atoms with Gasteiger partial charge in [-0.1, -0.05) is 23.8 Å². The fourth-order valence-electron chi connectivity index (χ4n) is 1.85. The Hall–Kier alpha value is -1.79. The van der Waals surface area contributed by atoms with Crippen LogP contribution in [0.3, 0.4) is 0 Å². The Morgan fingerprint density at radius 2 is 2.17 bits per heavy atom. The number of benzene rings is 1. The van der Waals surface area contributed by atoms with Crippen LogP contribution in [0.2, 0.25) is 0 Å². The van der Waals surface area contributed by atoms with Crippen LogP contribution in [0, 0.1) is 26.2 Å². The van der Waals surface area contributed by atoms with Gasteiger partial charge in [-0.3, -0.25) is 4.79 Å². The van der Waals surface area contributed by atoms with E-state index < -0.39 is 6.04 Å². The molecule has 0 aliphatic rings. The van der Waals surface area contributed by atoms with Gasteiger partial charge < -0.3 is 10.6 Å². The Labute approximate surface area is 109 Å². The molecule has 1 amide bonds. The van der Waals surface area contributed by atoms with Crippen molar-refractivity contribution in [2.45, 2.75) is 32.9 Å². The molecule has 0 heterocycles. The molecule has 18 heavy (non-hydrogen) atoms. The molecule has 96 valence electrons. The number of hydrogen-bond donors (Lipinski definition) is 1. The second kappa shape index (κ2) is 6.23. The van der Waals surface area contributed by atoms with Crippen molar-refractivity contribution in [2.75, 3.05) is 7.05 Å². The number of hydrogen-bond acceptors (Lipinski definition) is 2. The van der Waals surface area contributed by atoms with Gasteiger partial charge in [-0.25, -0.2) is 0 Å². The highest BCUT2D eigenvalue weighted by atomic mass is 16.2. The van der Waals surface area contributed by atoms with Crippen molar-refractivity contribution >= 4 is 5.91 Å². The fraction of sp³-hybridized carbons (Fsp3) is 0.400. The van der Waals surface area contributed by atoms with E-state index in [1.807, 2.05) is 19.1 Å². The minimum atomic E-state index is -0.606. The molecule has 0 aliphatic carbocycles. The predicted octanol–water partition coefficient (Wildman–Crippen LogP) is 1.61. The molecule has 0 saturated carbocycles. The van der Waals surface area contributed by atoms with E-state index in [1.165, 1.54) is 11.1 Å². The molecule has 1 atom stereocenters. The van der Waals surface area contributed by atoms with Crippen LogP contribution in [0.5, 0.6) is 0 Å². The smallest absolute Gasteiger partial charge is 0.240 e. The summed E-state index contributed by atoms with van der Waals surface area (Å²) in [7, 11) is 1.75. The van der Waals surface area contributed by atoms with E-state index in [4.69, 9.17) is 12.2 Å². The summed E-state index contributed by atoms with van der Waals surface area (Å²) < 4.78 is 0. The summed E-state index contributed by atoms with van der Waals surface area (Å²) in [5.41, 5.74) is 9.24. The van der Waals surface area contributed by atoms with Gasteiger partial charge in [0.1, 0.15) is 0 Å². The van der Waals surface area contributed by atoms with Crippen LogP contribution in [0.1, 0.15) is 23.1 Å². The summed E-state index contributed by atoms with van der Waals surface area (Å²) in [6.45, 7) is 4.65. The van der Waals surface area contributed by atoms with Gasteiger partial charge in [0.25, 0.3) is 0 Å². The summed E-state index contributed by atoms with van der Waals surface area (Å²) >= 11 is 0. The molecule has 0 aliphatic heterocycles. The lowest BCUT2D eigenvalue weighted by molar-refractivity contribution is -0.131. The lowest BCUT2D eigenvalue weighted by Crippen LogP contribution is -2.41. The first-order valence-corrected chi connectivity index (χ1v) is 5.96. The van der Waals surface area contributed by atoms with Gasteiger partial charge in [0.2, 0.25) is 5.91 Å². The first kappa shape index (κ1) is 14.3. The molecule has 2 N–H and O–H groups in total. The first-order chi connectivity index (χ1) is 8.45. The van der Waals surface area contributed by atoms with Crippen molar-refractivity contribution in [1.82, 2.24) is 4.90 Å². The Balaban J connectivity index is 2.73. The van der Waals surface area contributed by atoms with Crippen molar-refractivity contribution in [2.24, 2.45) is 5.73 Å². The van der Waals surface area contributed by atoms with Gasteiger partial charge in [-0.2, -0.15) is 0 Å². The number of rotatable bonds is 4. The van der Waals surface area contributed by atoms with Crippen LogP contribution in [-0.2, 0) is 11.3 Å². The minimum absolute atomic E-state index is 0.118. The molecular formula is C15H20N2O. The second-order valence-electron chi connectivity index (χ2n) is 4.64. The van der Waals surface area contributed by atoms with Crippen molar-refractivity contribution in [1.29, 1.82) is 0 Å².